The zero-order valence-corrected chi connectivity index (χ0v) is 18.0. The number of aromatic nitrogens is 2. The Hall–Kier alpha value is -3.20. The van der Waals surface area contributed by atoms with E-state index < -0.39 is 0 Å². The number of halogens is 1. The fourth-order valence-electron chi connectivity index (χ4n) is 5.15. The molecule has 0 saturated heterocycles. The maximum absolute atomic E-state index is 14.7. The Labute approximate surface area is 174 Å². The average molecular weight is 396 g/mol. The molecule has 3 aromatic carbocycles. The van der Waals surface area contributed by atoms with Gasteiger partial charge in [-0.05, 0) is 47.1 Å². The highest BCUT2D eigenvalue weighted by atomic mass is 19.1. The van der Waals surface area contributed by atoms with E-state index in [0.29, 0.717) is 0 Å². The van der Waals surface area contributed by atoms with E-state index in [1.54, 1.807) is 12.1 Å². The molecule has 0 aliphatic rings. The monoisotopic (exact) mass is 395 g/mol. The minimum Gasteiger partial charge on any atom is -0.307 e. The van der Waals surface area contributed by atoms with Crippen molar-refractivity contribution in [1.29, 1.82) is 0 Å². The van der Waals surface area contributed by atoms with Gasteiger partial charge in [0.2, 0.25) is 5.52 Å². The summed E-state index contributed by atoms with van der Waals surface area (Å²) in [5.41, 5.74) is 6.98. The van der Waals surface area contributed by atoms with Crippen LogP contribution >= 0.6 is 0 Å². The molecule has 0 atom stereocenters. The lowest BCUT2D eigenvalue weighted by atomic mass is 9.86. The first-order chi connectivity index (χ1) is 14.3. The zero-order valence-electron chi connectivity index (χ0n) is 18.0. The summed E-state index contributed by atoms with van der Waals surface area (Å²) in [5, 5.41) is 5.73. The lowest BCUT2D eigenvalue weighted by Gasteiger charge is -2.19. The normalized spacial score (nSPS) is 13.0. The van der Waals surface area contributed by atoms with Crippen LogP contribution in [0.15, 0.2) is 54.7 Å². The topological polar surface area (TPSA) is 8.29 Å². The number of rotatable bonds is 0. The van der Waals surface area contributed by atoms with E-state index in [2.05, 4.69) is 74.0 Å². The summed E-state index contributed by atoms with van der Waals surface area (Å²) in [6, 6.07) is 16.5. The quantitative estimate of drug-likeness (QED) is 0.156. The lowest BCUT2D eigenvalue weighted by molar-refractivity contribution is -0.643. The van der Waals surface area contributed by atoms with Crippen LogP contribution in [0.2, 0.25) is 0 Å². The Morgan fingerprint density at radius 2 is 1.63 bits per heavy atom. The SMILES string of the molecule is Cc1ccc2c3ccc(C(C)(C)C)cc3n3c4cc(F)cc5cc[n+](C)c(c1c23)c54. The highest BCUT2D eigenvalue weighted by Crippen LogP contribution is 2.41. The van der Waals surface area contributed by atoms with Crippen LogP contribution in [0.1, 0.15) is 31.9 Å². The number of fused-ring (bicyclic) bond motifs is 5. The second-order valence-electron chi connectivity index (χ2n) is 9.64. The van der Waals surface area contributed by atoms with Crippen LogP contribution in [-0.4, -0.2) is 4.40 Å². The van der Waals surface area contributed by atoms with Crippen molar-refractivity contribution in [3.05, 3.63) is 71.7 Å². The predicted molar refractivity (Wildman–Crippen MR) is 123 cm³/mol. The van der Waals surface area contributed by atoms with Crippen molar-refractivity contribution in [2.45, 2.75) is 33.1 Å². The number of benzene rings is 3. The van der Waals surface area contributed by atoms with Crippen LogP contribution in [0.5, 0.6) is 0 Å². The summed E-state index contributed by atoms with van der Waals surface area (Å²) in [6.45, 7) is 8.87. The van der Waals surface area contributed by atoms with E-state index in [1.165, 1.54) is 32.8 Å². The third-order valence-corrected chi connectivity index (χ3v) is 6.66. The first-order valence-corrected chi connectivity index (χ1v) is 10.5. The van der Waals surface area contributed by atoms with E-state index in [-0.39, 0.29) is 11.2 Å². The van der Waals surface area contributed by atoms with Gasteiger partial charge >= 0.3 is 0 Å². The summed E-state index contributed by atoms with van der Waals surface area (Å²) in [6.07, 6.45) is 2.04. The number of nitrogens with zero attached hydrogens (tertiary/aromatic N) is 2. The third-order valence-electron chi connectivity index (χ3n) is 6.66. The van der Waals surface area contributed by atoms with Gasteiger partial charge in [-0.3, -0.25) is 0 Å². The zero-order chi connectivity index (χ0) is 20.9. The van der Waals surface area contributed by atoms with Crippen molar-refractivity contribution in [3.8, 4) is 0 Å². The lowest BCUT2D eigenvalue weighted by Crippen LogP contribution is -2.29. The molecule has 3 aromatic heterocycles. The molecule has 30 heavy (non-hydrogen) atoms. The Bertz CT molecular complexity index is 1650. The van der Waals surface area contributed by atoms with Crippen molar-refractivity contribution >= 4 is 49.0 Å². The van der Waals surface area contributed by atoms with E-state index in [0.717, 1.165) is 27.3 Å². The molecule has 0 aliphatic heterocycles. The molecule has 6 aromatic rings. The molecule has 0 amide bonds. The summed E-state index contributed by atoms with van der Waals surface area (Å²) >= 11 is 0. The smallest absolute Gasteiger partial charge is 0.224 e. The minimum atomic E-state index is -0.199. The van der Waals surface area contributed by atoms with E-state index in [9.17, 15) is 4.39 Å². The molecule has 0 bridgehead atoms. The molecular weight excluding hydrogens is 371 g/mol. The van der Waals surface area contributed by atoms with Gasteiger partial charge in [0.15, 0.2) is 6.20 Å². The number of hydrogen-bond donors (Lipinski definition) is 0. The fraction of sp³-hybridized carbons (Fsp3) is 0.222. The molecule has 6 rings (SSSR count). The van der Waals surface area contributed by atoms with Gasteiger partial charge in [-0.1, -0.05) is 45.0 Å². The summed E-state index contributed by atoms with van der Waals surface area (Å²) < 4.78 is 19.2. The highest BCUT2D eigenvalue weighted by Gasteiger charge is 2.25. The van der Waals surface area contributed by atoms with Crippen LogP contribution in [0.3, 0.4) is 0 Å². The molecule has 3 heteroatoms. The Balaban J connectivity index is 2.04. The van der Waals surface area contributed by atoms with Gasteiger partial charge < -0.3 is 4.40 Å². The van der Waals surface area contributed by atoms with Crippen LogP contribution in [-0.2, 0) is 12.5 Å². The fourth-order valence-corrected chi connectivity index (χ4v) is 5.15. The number of hydrogen-bond acceptors (Lipinski definition) is 0. The van der Waals surface area contributed by atoms with Gasteiger partial charge in [-0.2, -0.15) is 0 Å². The number of pyridine rings is 2. The molecule has 2 nitrogen and oxygen atoms in total. The van der Waals surface area contributed by atoms with Crippen LogP contribution in [0.4, 0.5) is 4.39 Å². The summed E-state index contributed by atoms with van der Waals surface area (Å²) in [5.74, 6) is -0.199. The van der Waals surface area contributed by atoms with Crippen molar-refractivity contribution in [3.63, 3.8) is 0 Å². The average Bonchev–Trinajstić information content (AvgIpc) is 3.02. The largest absolute Gasteiger partial charge is 0.307 e. The number of aryl methyl sites for hydroxylation is 2. The maximum atomic E-state index is 14.7. The van der Waals surface area contributed by atoms with Gasteiger partial charge in [0.25, 0.3) is 0 Å². The van der Waals surface area contributed by atoms with Gasteiger partial charge in [0, 0.05) is 16.8 Å². The van der Waals surface area contributed by atoms with Gasteiger partial charge in [0.05, 0.1) is 27.3 Å². The second kappa shape index (κ2) is 5.48. The third kappa shape index (κ3) is 2.10. The maximum Gasteiger partial charge on any atom is 0.224 e. The van der Waals surface area contributed by atoms with Gasteiger partial charge in [-0.15, -0.1) is 0 Å². The Kier molecular flexibility index (Phi) is 3.22. The van der Waals surface area contributed by atoms with Crippen LogP contribution in [0.25, 0.3) is 49.0 Å². The molecule has 0 fully saturated rings. The van der Waals surface area contributed by atoms with E-state index in [1.807, 2.05) is 12.3 Å². The molecule has 148 valence electrons. The molecule has 0 radical (unpaired) electrons. The summed E-state index contributed by atoms with van der Waals surface area (Å²) in [7, 11) is 2.08. The Morgan fingerprint density at radius 3 is 2.40 bits per heavy atom. The standard InChI is InChI=1S/C27H24FN2/c1-15-6-8-20-19-9-7-17(27(2,3)4)13-21(19)30-22-14-18(28)12-16-10-11-29(5)26(24(16)22)23(15)25(20)30/h6-14H,1-5H3/q+1. The van der Waals surface area contributed by atoms with Crippen molar-refractivity contribution < 1.29 is 8.96 Å². The summed E-state index contributed by atoms with van der Waals surface area (Å²) in [4.78, 5) is 0. The van der Waals surface area contributed by atoms with E-state index >= 15 is 0 Å². The second-order valence-corrected chi connectivity index (χ2v) is 9.64. The molecule has 0 aliphatic carbocycles. The van der Waals surface area contributed by atoms with Crippen LogP contribution in [0, 0.1) is 12.7 Å². The molecule has 3 heterocycles. The first kappa shape index (κ1) is 17.6. The Morgan fingerprint density at radius 1 is 0.867 bits per heavy atom. The first-order valence-electron chi connectivity index (χ1n) is 10.5. The van der Waals surface area contributed by atoms with Crippen LogP contribution < -0.4 is 4.57 Å². The molecular formula is C27H24FN2+. The molecule has 0 saturated carbocycles. The minimum absolute atomic E-state index is 0.0416. The van der Waals surface area contributed by atoms with Crippen molar-refractivity contribution in [2.24, 2.45) is 7.05 Å². The van der Waals surface area contributed by atoms with Crippen molar-refractivity contribution in [2.75, 3.05) is 0 Å². The highest BCUT2D eigenvalue weighted by molar-refractivity contribution is 6.25. The molecule has 0 spiro atoms. The molecule has 0 unspecified atom stereocenters. The van der Waals surface area contributed by atoms with Crippen molar-refractivity contribution in [1.82, 2.24) is 4.40 Å². The predicted octanol–water partition coefficient (Wildman–Crippen LogP) is 6.56. The van der Waals surface area contributed by atoms with E-state index in [4.69, 9.17) is 0 Å². The molecule has 0 N–H and O–H groups in total. The van der Waals surface area contributed by atoms with Gasteiger partial charge in [0.1, 0.15) is 12.9 Å². The van der Waals surface area contributed by atoms with Gasteiger partial charge in [-0.25, -0.2) is 8.96 Å².